The fourth-order valence-corrected chi connectivity index (χ4v) is 9.17. The molecule has 1 aromatic rings. The van der Waals surface area contributed by atoms with Crippen molar-refractivity contribution in [2.75, 3.05) is 39.0 Å². The molecule has 5 atom stereocenters. The number of hydrogen-bond donors (Lipinski definition) is 2. The molecule has 10 nitrogen and oxygen atoms in total. The highest BCUT2D eigenvalue weighted by Crippen LogP contribution is 2.81. The Balaban J connectivity index is 1.65. The fourth-order valence-electron chi connectivity index (χ4n) is 9.17. The van der Waals surface area contributed by atoms with E-state index in [1.807, 2.05) is 6.07 Å². The number of ether oxygens (including phenoxy) is 4. The standard InChI is InChI=1S/C24H28N2O8/c1-31-18(27)22(29)12-20-6-3-10-25-11-9-21(24(20,25)30)14-4-5-15-17(34-13-33-15)16(14)26(19(28)32-2)23(21,22)8-7-20/h4-5,29-30H,3,6-13H2,1-2H3/t20-,21+,22-,23+,24-/m1/s1. The van der Waals surface area contributed by atoms with Crippen molar-refractivity contribution in [3.8, 4) is 11.5 Å². The number of fused-ring (bicyclic) bond motifs is 5. The van der Waals surface area contributed by atoms with Crippen molar-refractivity contribution in [2.24, 2.45) is 5.41 Å². The summed E-state index contributed by atoms with van der Waals surface area (Å²) in [5, 5.41) is 25.4. The number of amides is 1. The van der Waals surface area contributed by atoms with Gasteiger partial charge in [0.25, 0.3) is 0 Å². The van der Waals surface area contributed by atoms with Crippen molar-refractivity contribution in [1.82, 2.24) is 4.90 Å². The van der Waals surface area contributed by atoms with Crippen molar-refractivity contribution in [1.29, 1.82) is 0 Å². The number of hydrogen-bond acceptors (Lipinski definition) is 9. The van der Waals surface area contributed by atoms with Crippen LogP contribution in [0.1, 0.15) is 44.1 Å². The van der Waals surface area contributed by atoms with Crippen LogP contribution < -0.4 is 14.4 Å². The Morgan fingerprint density at radius 1 is 1.03 bits per heavy atom. The molecule has 4 aliphatic heterocycles. The van der Waals surface area contributed by atoms with Crippen LogP contribution >= 0.6 is 0 Å². The van der Waals surface area contributed by atoms with Crippen molar-refractivity contribution >= 4 is 17.7 Å². The van der Waals surface area contributed by atoms with Crippen molar-refractivity contribution in [3.05, 3.63) is 17.7 Å². The second kappa shape index (κ2) is 5.98. The van der Waals surface area contributed by atoms with Gasteiger partial charge in [-0.1, -0.05) is 6.07 Å². The third-order valence-electron chi connectivity index (χ3n) is 10.0. The van der Waals surface area contributed by atoms with Gasteiger partial charge in [-0.2, -0.15) is 0 Å². The van der Waals surface area contributed by atoms with E-state index in [9.17, 15) is 19.8 Å². The number of carbonyl (C=O) groups excluding carboxylic acids is 2. The van der Waals surface area contributed by atoms with Crippen molar-refractivity contribution in [3.63, 3.8) is 0 Å². The van der Waals surface area contributed by atoms with Gasteiger partial charge in [-0.05, 0) is 50.2 Å². The molecule has 5 fully saturated rings. The minimum absolute atomic E-state index is 0.00243. The number of piperidine rings is 1. The Kier molecular flexibility index (Phi) is 3.65. The van der Waals surface area contributed by atoms with Crippen molar-refractivity contribution in [2.45, 2.75) is 60.8 Å². The first-order valence-corrected chi connectivity index (χ1v) is 11.9. The van der Waals surface area contributed by atoms with E-state index in [0.717, 1.165) is 6.42 Å². The number of nitrogens with zero attached hydrogens (tertiary/aromatic N) is 2. The molecule has 0 aromatic heterocycles. The van der Waals surface area contributed by atoms with Gasteiger partial charge in [0.15, 0.2) is 17.1 Å². The van der Waals surface area contributed by atoms with E-state index in [2.05, 4.69) is 4.90 Å². The minimum atomic E-state index is -2.06. The van der Waals surface area contributed by atoms with Gasteiger partial charge in [0.2, 0.25) is 6.79 Å². The molecule has 2 saturated heterocycles. The summed E-state index contributed by atoms with van der Waals surface area (Å²) in [6, 6.07) is 3.64. The predicted octanol–water partition coefficient (Wildman–Crippen LogP) is 1.25. The van der Waals surface area contributed by atoms with Crippen LogP contribution in [-0.4, -0.2) is 78.1 Å². The quantitative estimate of drug-likeness (QED) is 0.582. The summed E-state index contributed by atoms with van der Waals surface area (Å²) in [5.74, 6) is 0.0339. The molecule has 34 heavy (non-hydrogen) atoms. The summed E-state index contributed by atoms with van der Waals surface area (Å²) in [6.45, 7) is 1.29. The average molecular weight is 472 g/mol. The number of esters is 1. The molecule has 3 aliphatic carbocycles. The van der Waals surface area contributed by atoms with Crippen LogP contribution in [0.2, 0.25) is 0 Å². The summed E-state index contributed by atoms with van der Waals surface area (Å²) < 4.78 is 21.9. The number of benzene rings is 1. The second-order valence-electron chi connectivity index (χ2n) is 10.6. The van der Waals surface area contributed by atoms with Crippen LogP contribution in [0.5, 0.6) is 11.5 Å². The first-order chi connectivity index (χ1) is 16.3. The Morgan fingerprint density at radius 2 is 1.85 bits per heavy atom. The Hall–Kier alpha value is -2.56. The van der Waals surface area contributed by atoms with Gasteiger partial charge >= 0.3 is 12.1 Å². The van der Waals surface area contributed by atoms with Crippen LogP contribution in [0.3, 0.4) is 0 Å². The first kappa shape index (κ1) is 20.8. The van der Waals surface area contributed by atoms with Gasteiger partial charge < -0.3 is 29.2 Å². The summed E-state index contributed by atoms with van der Waals surface area (Å²) in [4.78, 5) is 30.6. The monoisotopic (exact) mass is 472 g/mol. The fraction of sp³-hybridized carbons (Fsp3) is 0.667. The normalized spacial score (nSPS) is 42.8. The first-order valence-electron chi connectivity index (χ1n) is 11.9. The number of rotatable bonds is 1. The maximum absolute atomic E-state index is 13.6. The summed E-state index contributed by atoms with van der Waals surface area (Å²) in [5.41, 5.74) is -5.73. The lowest BCUT2D eigenvalue weighted by molar-refractivity contribution is -0.327. The number of aliphatic hydroxyl groups is 2. The number of anilines is 1. The van der Waals surface area contributed by atoms with E-state index < -0.39 is 39.8 Å². The number of methoxy groups -OCH3 is 2. The maximum Gasteiger partial charge on any atom is 0.414 e. The smallest absolute Gasteiger partial charge is 0.414 e. The van der Waals surface area contributed by atoms with E-state index in [1.54, 1.807) is 6.07 Å². The lowest BCUT2D eigenvalue weighted by atomic mass is 9.35. The van der Waals surface area contributed by atoms with Gasteiger partial charge in [0.1, 0.15) is 11.3 Å². The highest BCUT2D eigenvalue weighted by molar-refractivity contribution is 6.01. The molecular weight excluding hydrogens is 444 g/mol. The molecule has 3 saturated carbocycles. The zero-order chi connectivity index (χ0) is 23.7. The van der Waals surface area contributed by atoms with Gasteiger partial charge in [-0.25, -0.2) is 9.59 Å². The zero-order valence-corrected chi connectivity index (χ0v) is 19.3. The Morgan fingerprint density at radius 3 is 2.62 bits per heavy atom. The van der Waals surface area contributed by atoms with Crippen LogP contribution in [0.4, 0.5) is 10.5 Å². The highest BCUT2D eigenvalue weighted by Gasteiger charge is 2.92. The molecule has 8 rings (SSSR count). The maximum atomic E-state index is 13.6. The molecule has 2 bridgehead atoms. The molecule has 1 amide bonds. The zero-order valence-electron chi connectivity index (χ0n) is 19.3. The summed E-state index contributed by atoms with van der Waals surface area (Å²) in [7, 11) is 2.52. The van der Waals surface area contributed by atoms with E-state index in [-0.39, 0.29) is 13.2 Å². The second-order valence-corrected chi connectivity index (χ2v) is 10.6. The molecule has 0 unspecified atom stereocenters. The topological polar surface area (TPSA) is 118 Å². The van der Waals surface area contributed by atoms with Crippen LogP contribution in [0, 0.1) is 5.41 Å². The van der Waals surface area contributed by atoms with Gasteiger partial charge in [0, 0.05) is 18.5 Å². The molecule has 2 N–H and O–H groups in total. The van der Waals surface area contributed by atoms with Crippen LogP contribution in [-0.2, 0) is 19.7 Å². The molecular formula is C24H28N2O8. The predicted molar refractivity (Wildman–Crippen MR) is 115 cm³/mol. The molecule has 10 heteroatoms. The molecule has 7 aliphatic rings. The summed E-state index contributed by atoms with van der Waals surface area (Å²) >= 11 is 0. The van der Waals surface area contributed by atoms with Crippen LogP contribution in [0.25, 0.3) is 0 Å². The highest BCUT2D eigenvalue weighted by atomic mass is 16.7. The van der Waals surface area contributed by atoms with E-state index >= 15 is 0 Å². The van der Waals surface area contributed by atoms with E-state index in [1.165, 1.54) is 19.1 Å². The Labute approximate surface area is 196 Å². The minimum Gasteiger partial charge on any atom is -0.467 e. The van der Waals surface area contributed by atoms with E-state index in [0.29, 0.717) is 61.5 Å². The Bertz CT molecular complexity index is 1160. The van der Waals surface area contributed by atoms with Crippen LogP contribution in [0.15, 0.2) is 12.1 Å². The molecule has 1 aromatic carbocycles. The average Bonchev–Trinajstić information content (AvgIpc) is 3.50. The molecule has 0 radical (unpaired) electrons. The lowest BCUT2D eigenvalue weighted by Crippen LogP contribution is -2.90. The number of carbonyl (C=O) groups is 2. The largest absolute Gasteiger partial charge is 0.467 e. The van der Waals surface area contributed by atoms with Crippen molar-refractivity contribution < 1.29 is 38.7 Å². The van der Waals surface area contributed by atoms with Gasteiger partial charge in [-0.15, -0.1) is 0 Å². The molecule has 4 heterocycles. The third-order valence-corrected chi connectivity index (χ3v) is 10.0. The molecule has 182 valence electrons. The SMILES string of the molecule is COC(=O)N1c2c(ccc3c2OCO3)[C@@]23CCN4CCC[C@]5(CC[C@]12[C@](O)(C(=O)OC)C5)[C@]43O. The lowest BCUT2D eigenvalue weighted by Gasteiger charge is -2.75. The van der Waals surface area contributed by atoms with Gasteiger partial charge in [0.05, 0.1) is 25.3 Å². The third kappa shape index (κ3) is 1.70. The summed E-state index contributed by atoms with van der Waals surface area (Å²) in [6.07, 6.45) is 2.15. The van der Waals surface area contributed by atoms with Gasteiger partial charge in [-0.3, -0.25) is 9.80 Å². The molecule has 3 spiro atoms. The van der Waals surface area contributed by atoms with E-state index in [4.69, 9.17) is 18.9 Å².